The maximum Gasteiger partial charge on any atom is 0.264 e. The summed E-state index contributed by atoms with van der Waals surface area (Å²) in [4.78, 5) is 29.3. The van der Waals surface area contributed by atoms with Gasteiger partial charge in [0.15, 0.2) is 0 Å². The van der Waals surface area contributed by atoms with Crippen LogP contribution in [-0.4, -0.2) is 44.3 Å². The number of sulfonamides is 1. The average Bonchev–Trinajstić information content (AvgIpc) is 3.03. The molecule has 0 aliphatic rings. The summed E-state index contributed by atoms with van der Waals surface area (Å²) in [7, 11) is -4.30. The third kappa shape index (κ3) is 8.67. The molecule has 0 spiro atoms. The number of carbonyl (C=O) groups excluding carboxylic acids is 2. The van der Waals surface area contributed by atoms with Crippen LogP contribution in [0.3, 0.4) is 0 Å². The molecule has 4 rings (SSSR count). The summed E-state index contributed by atoms with van der Waals surface area (Å²) < 4.78 is 42.5. The van der Waals surface area contributed by atoms with Gasteiger partial charge in [0.25, 0.3) is 10.0 Å². The number of hydrogen-bond acceptors (Lipinski definition) is 4. The molecular weight excluding hydrogens is 601 g/mol. The van der Waals surface area contributed by atoms with Crippen molar-refractivity contribution in [1.82, 2.24) is 10.2 Å². The molecule has 0 heterocycles. The summed E-state index contributed by atoms with van der Waals surface area (Å²) in [5.41, 5.74) is 1.81. The van der Waals surface area contributed by atoms with Crippen molar-refractivity contribution in [2.24, 2.45) is 0 Å². The van der Waals surface area contributed by atoms with Gasteiger partial charge in [-0.05, 0) is 66.1 Å². The number of carbonyl (C=O) groups is 2. The van der Waals surface area contributed by atoms with Crippen molar-refractivity contribution in [3.63, 3.8) is 0 Å². The molecule has 1 atom stereocenters. The largest absolute Gasteiger partial charge is 0.354 e. The number of nitrogens with zero attached hydrogens (tertiary/aromatic N) is 2. The zero-order valence-corrected chi connectivity index (χ0v) is 26.0. The van der Waals surface area contributed by atoms with Gasteiger partial charge in [-0.15, -0.1) is 0 Å². The number of amides is 2. The first-order chi connectivity index (χ1) is 21.2. The van der Waals surface area contributed by atoms with E-state index >= 15 is 0 Å². The molecular formula is C34H35ClFN3O4S. The molecule has 2 amide bonds. The van der Waals surface area contributed by atoms with Gasteiger partial charge in [-0.1, -0.05) is 85.6 Å². The minimum absolute atomic E-state index is 0.0356. The third-order valence-corrected chi connectivity index (χ3v) is 9.13. The van der Waals surface area contributed by atoms with E-state index in [9.17, 15) is 22.4 Å². The fourth-order valence-corrected chi connectivity index (χ4v) is 6.24. The molecule has 0 radical (unpaired) electrons. The normalized spacial score (nSPS) is 11.9. The lowest BCUT2D eigenvalue weighted by molar-refractivity contribution is -0.140. The molecule has 0 aliphatic heterocycles. The van der Waals surface area contributed by atoms with E-state index in [0.717, 1.165) is 52.5 Å². The van der Waals surface area contributed by atoms with Gasteiger partial charge in [-0.3, -0.25) is 13.9 Å². The van der Waals surface area contributed by atoms with E-state index in [4.69, 9.17) is 11.6 Å². The van der Waals surface area contributed by atoms with Crippen molar-refractivity contribution >= 4 is 39.1 Å². The topological polar surface area (TPSA) is 86.8 Å². The second kappa shape index (κ2) is 15.5. The van der Waals surface area contributed by atoms with E-state index in [1.165, 1.54) is 4.90 Å². The quantitative estimate of drug-likeness (QED) is 0.166. The molecule has 4 aromatic carbocycles. The van der Waals surface area contributed by atoms with Crippen LogP contribution in [0.1, 0.15) is 30.9 Å². The molecule has 10 heteroatoms. The Morgan fingerprint density at radius 3 is 2.07 bits per heavy atom. The predicted molar refractivity (Wildman–Crippen MR) is 171 cm³/mol. The maximum atomic E-state index is 14.4. The molecule has 0 unspecified atom stereocenters. The molecule has 7 nitrogen and oxygen atoms in total. The molecule has 0 aromatic heterocycles. The SMILES string of the molecule is CCCCNC(=O)[C@H](Cc1ccccc1)N(Cc1ccc(Cl)cc1)C(=O)CN(c1ccccc1)S(=O)(=O)c1ccc(F)cc1. The summed E-state index contributed by atoms with van der Waals surface area (Å²) in [6.45, 7) is 1.90. The monoisotopic (exact) mass is 635 g/mol. The Morgan fingerprint density at radius 1 is 0.841 bits per heavy atom. The van der Waals surface area contributed by atoms with Crippen LogP contribution in [0.5, 0.6) is 0 Å². The van der Waals surface area contributed by atoms with E-state index in [1.807, 2.05) is 37.3 Å². The molecule has 4 aromatic rings. The summed E-state index contributed by atoms with van der Waals surface area (Å²) in [5, 5.41) is 3.48. The van der Waals surface area contributed by atoms with Crippen molar-refractivity contribution in [2.45, 2.75) is 43.7 Å². The predicted octanol–water partition coefficient (Wildman–Crippen LogP) is 6.23. The molecule has 44 heavy (non-hydrogen) atoms. The lowest BCUT2D eigenvalue weighted by atomic mass is 10.0. The number of rotatable bonds is 14. The Bertz CT molecular complexity index is 1620. The Hall–Kier alpha value is -4.21. The Kier molecular flexibility index (Phi) is 11.5. The average molecular weight is 636 g/mol. The minimum Gasteiger partial charge on any atom is -0.354 e. The van der Waals surface area contributed by atoms with Crippen molar-refractivity contribution in [1.29, 1.82) is 0 Å². The highest BCUT2D eigenvalue weighted by atomic mass is 35.5. The highest BCUT2D eigenvalue weighted by Gasteiger charge is 2.34. The van der Waals surface area contributed by atoms with Gasteiger partial charge >= 0.3 is 0 Å². The van der Waals surface area contributed by atoms with Crippen LogP contribution in [-0.2, 0) is 32.6 Å². The van der Waals surface area contributed by atoms with Crippen molar-refractivity contribution < 1.29 is 22.4 Å². The number of unbranched alkanes of at least 4 members (excludes halogenated alkanes) is 1. The van der Waals surface area contributed by atoms with Crippen LogP contribution in [0, 0.1) is 5.82 Å². The summed E-state index contributed by atoms with van der Waals surface area (Å²) >= 11 is 6.12. The van der Waals surface area contributed by atoms with Gasteiger partial charge in [-0.2, -0.15) is 0 Å². The smallest absolute Gasteiger partial charge is 0.264 e. The summed E-state index contributed by atoms with van der Waals surface area (Å²) in [6.07, 6.45) is 1.87. The molecule has 0 saturated carbocycles. The van der Waals surface area contributed by atoms with E-state index in [-0.39, 0.29) is 29.5 Å². The lowest BCUT2D eigenvalue weighted by Gasteiger charge is -2.34. The van der Waals surface area contributed by atoms with Crippen LogP contribution >= 0.6 is 11.6 Å². The fourth-order valence-electron chi connectivity index (χ4n) is 4.70. The molecule has 0 saturated heterocycles. The second-order valence-corrected chi connectivity index (χ2v) is 12.6. The number of hydrogen-bond donors (Lipinski definition) is 1. The van der Waals surface area contributed by atoms with Crippen LogP contribution in [0.25, 0.3) is 0 Å². The van der Waals surface area contributed by atoms with Gasteiger partial charge in [0.05, 0.1) is 10.6 Å². The van der Waals surface area contributed by atoms with Crippen molar-refractivity contribution in [3.8, 4) is 0 Å². The Balaban J connectivity index is 1.76. The van der Waals surface area contributed by atoms with Crippen molar-refractivity contribution in [2.75, 3.05) is 17.4 Å². The zero-order chi connectivity index (χ0) is 31.5. The number of benzene rings is 4. The summed E-state index contributed by atoms with van der Waals surface area (Å²) in [6, 6.07) is 28.0. The zero-order valence-electron chi connectivity index (χ0n) is 24.4. The highest BCUT2D eigenvalue weighted by molar-refractivity contribution is 7.92. The molecule has 0 bridgehead atoms. The molecule has 230 valence electrons. The summed E-state index contributed by atoms with van der Waals surface area (Å²) in [5.74, 6) is -1.50. The molecule has 1 N–H and O–H groups in total. The van der Waals surface area contributed by atoms with Crippen LogP contribution in [0.4, 0.5) is 10.1 Å². The first kappa shape index (κ1) is 32.7. The Labute approximate surface area is 263 Å². The molecule has 0 aliphatic carbocycles. The van der Waals surface area contributed by atoms with Gasteiger partial charge in [0.2, 0.25) is 11.8 Å². The van der Waals surface area contributed by atoms with Crippen LogP contribution < -0.4 is 9.62 Å². The van der Waals surface area contributed by atoms with Crippen LogP contribution in [0.2, 0.25) is 5.02 Å². The number of para-hydroxylation sites is 1. The first-order valence-corrected chi connectivity index (χ1v) is 16.2. The maximum absolute atomic E-state index is 14.4. The van der Waals surface area contributed by atoms with E-state index < -0.39 is 34.3 Å². The standard InChI is InChI=1S/C34H35ClFN3O4S/c1-2-3-22-37-34(41)32(23-26-10-6-4-7-11-26)38(24-27-14-16-28(35)17-15-27)33(40)25-39(30-12-8-5-9-13-30)44(42,43)31-20-18-29(36)19-21-31/h4-21,32H,2-3,22-25H2,1H3,(H,37,41)/t32-/m0/s1. The number of nitrogens with one attached hydrogen (secondary N) is 1. The van der Waals surface area contributed by atoms with Crippen LogP contribution in [0.15, 0.2) is 114 Å². The third-order valence-electron chi connectivity index (χ3n) is 7.09. The minimum atomic E-state index is -4.30. The molecule has 0 fully saturated rings. The first-order valence-electron chi connectivity index (χ1n) is 14.4. The van der Waals surface area contributed by atoms with Crippen molar-refractivity contribution in [3.05, 3.63) is 131 Å². The van der Waals surface area contributed by atoms with Gasteiger partial charge in [0, 0.05) is 24.5 Å². The van der Waals surface area contributed by atoms with Gasteiger partial charge in [-0.25, -0.2) is 12.8 Å². The van der Waals surface area contributed by atoms with E-state index in [1.54, 1.807) is 54.6 Å². The fraction of sp³-hybridized carbons (Fsp3) is 0.235. The van der Waals surface area contributed by atoms with E-state index in [2.05, 4.69) is 5.32 Å². The van der Waals surface area contributed by atoms with Gasteiger partial charge < -0.3 is 10.2 Å². The lowest BCUT2D eigenvalue weighted by Crippen LogP contribution is -2.53. The van der Waals surface area contributed by atoms with Gasteiger partial charge in [0.1, 0.15) is 18.4 Å². The number of halogens is 2. The highest BCUT2D eigenvalue weighted by Crippen LogP contribution is 2.25. The Morgan fingerprint density at radius 2 is 1.45 bits per heavy atom. The number of anilines is 1. The second-order valence-electron chi connectivity index (χ2n) is 10.3. The van der Waals surface area contributed by atoms with E-state index in [0.29, 0.717) is 11.6 Å².